The SMILES string of the molecule is CN(Cc1ccccc1)C(=O)CNC(=O)[C@@H]1CC[C@H](C(=O)O)O1. The van der Waals surface area contributed by atoms with Crippen LogP contribution in [0.4, 0.5) is 0 Å². The molecule has 1 aliphatic rings. The first-order valence-electron chi connectivity index (χ1n) is 7.41. The molecule has 2 rings (SSSR count). The first-order valence-corrected chi connectivity index (χ1v) is 7.41. The van der Waals surface area contributed by atoms with E-state index in [1.54, 1.807) is 7.05 Å². The van der Waals surface area contributed by atoms with Gasteiger partial charge in [0.1, 0.15) is 6.10 Å². The van der Waals surface area contributed by atoms with Gasteiger partial charge >= 0.3 is 5.97 Å². The van der Waals surface area contributed by atoms with Crippen LogP contribution in [-0.2, 0) is 25.7 Å². The zero-order chi connectivity index (χ0) is 16.8. The molecule has 0 aliphatic carbocycles. The third kappa shape index (κ3) is 4.79. The fraction of sp³-hybridized carbons (Fsp3) is 0.438. The van der Waals surface area contributed by atoms with E-state index in [-0.39, 0.29) is 12.5 Å². The lowest BCUT2D eigenvalue weighted by Gasteiger charge is -2.18. The van der Waals surface area contributed by atoms with Crippen LogP contribution in [0.2, 0.25) is 0 Å². The van der Waals surface area contributed by atoms with E-state index >= 15 is 0 Å². The van der Waals surface area contributed by atoms with E-state index < -0.39 is 24.1 Å². The number of likely N-dealkylation sites (N-methyl/N-ethyl adjacent to an activating group) is 1. The number of carboxylic acids is 1. The van der Waals surface area contributed by atoms with Gasteiger partial charge in [-0.3, -0.25) is 9.59 Å². The van der Waals surface area contributed by atoms with Gasteiger partial charge in [-0.1, -0.05) is 30.3 Å². The quantitative estimate of drug-likeness (QED) is 0.790. The summed E-state index contributed by atoms with van der Waals surface area (Å²) in [5.41, 5.74) is 0.998. The molecular weight excluding hydrogens is 300 g/mol. The van der Waals surface area contributed by atoms with Crippen molar-refractivity contribution in [3.63, 3.8) is 0 Å². The molecule has 23 heavy (non-hydrogen) atoms. The van der Waals surface area contributed by atoms with Crippen LogP contribution in [-0.4, -0.2) is 53.6 Å². The molecule has 0 saturated carbocycles. The lowest BCUT2D eigenvalue weighted by Crippen LogP contribution is -2.42. The van der Waals surface area contributed by atoms with E-state index in [1.807, 2.05) is 30.3 Å². The standard InChI is InChI=1S/C16H20N2O5/c1-18(10-11-5-3-2-4-6-11)14(19)9-17-15(20)12-7-8-13(23-12)16(21)22/h2-6,12-13H,7-10H2,1H3,(H,17,20)(H,21,22)/t12-,13+/m0/s1. The third-order valence-corrected chi connectivity index (χ3v) is 3.69. The number of amides is 2. The van der Waals surface area contributed by atoms with Crippen molar-refractivity contribution in [1.82, 2.24) is 10.2 Å². The first kappa shape index (κ1) is 17.0. The maximum Gasteiger partial charge on any atom is 0.332 e. The molecule has 2 amide bonds. The van der Waals surface area contributed by atoms with Crippen LogP contribution in [0, 0.1) is 0 Å². The number of ether oxygens (including phenoxy) is 1. The molecule has 1 aromatic carbocycles. The van der Waals surface area contributed by atoms with Gasteiger partial charge in [0, 0.05) is 13.6 Å². The van der Waals surface area contributed by atoms with Crippen LogP contribution in [0.3, 0.4) is 0 Å². The van der Waals surface area contributed by atoms with Crippen LogP contribution >= 0.6 is 0 Å². The molecular formula is C16H20N2O5. The molecule has 1 heterocycles. The maximum absolute atomic E-state index is 12.0. The Labute approximate surface area is 134 Å². The van der Waals surface area contributed by atoms with Gasteiger partial charge in [-0.05, 0) is 18.4 Å². The van der Waals surface area contributed by atoms with Gasteiger partial charge < -0.3 is 20.1 Å². The molecule has 124 valence electrons. The van der Waals surface area contributed by atoms with Gasteiger partial charge in [0.2, 0.25) is 11.8 Å². The maximum atomic E-state index is 12.0. The number of aliphatic carboxylic acids is 1. The van der Waals surface area contributed by atoms with E-state index in [4.69, 9.17) is 9.84 Å². The Balaban J connectivity index is 1.75. The second kappa shape index (κ2) is 7.73. The fourth-order valence-electron chi connectivity index (χ4n) is 2.37. The molecule has 1 fully saturated rings. The number of carboxylic acid groups (broad SMARTS) is 1. The van der Waals surface area contributed by atoms with Crippen molar-refractivity contribution in [2.45, 2.75) is 31.6 Å². The summed E-state index contributed by atoms with van der Waals surface area (Å²) in [6.45, 7) is 0.316. The highest BCUT2D eigenvalue weighted by Crippen LogP contribution is 2.19. The zero-order valence-corrected chi connectivity index (χ0v) is 12.9. The highest BCUT2D eigenvalue weighted by atomic mass is 16.5. The molecule has 0 bridgehead atoms. The Morgan fingerprint density at radius 3 is 2.48 bits per heavy atom. The minimum Gasteiger partial charge on any atom is -0.479 e. The topological polar surface area (TPSA) is 95.9 Å². The van der Waals surface area contributed by atoms with Crippen molar-refractivity contribution in [3.8, 4) is 0 Å². The number of hydrogen-bond donors (Lipinski definition) is 2. The van der Waals surface area contributed by atoms with Crippen LogP contribution in [0.25, 0.3) is 0 Å². The summed E-state index contributed by atoms with van der Waals surface area (Å²) in [6.07, 6.45) is -1.10. The Kier molecular flexibility index (Phi) is 5.70. The van der Waals surface area contributed by atoms with Gasteiger partial charge in [0.25, 0.3) is 0 Å². The van der Waals surface area contributed by atoms with E-state index in [0.29, 0.717) is 19.4 Å². The van der Waals surface area contributed by atoms with Crippen molar-refractivity contribution in [2.75, 3.05) is 13.6 Å². The number of hydrogen-bond acceptors (Lipinski definition) is 4. The number of rotatable bonds is 6. The van der Waals surface area contributed by atoms with Gasteiger partial charge in [-0.15, -0.1) is 0 Å². The normalized spacial score (nSPS) is 20.0. The number of nitrogens with zero attached hydrogens (tertiary/aromatic N) is 1. The van der Waals surface area contributed by atoms with Gasteiger partial charge in [-0.25, -0.2) is 4.79 Å². The van der Waals surface area contributed by atoms with Crippen LogP contribution in [0.1, 0.15) is 18.4 Å². The predicted molar refractivity (Wildman–Crippen MR) is 81.5 cm³/mol. The molecule has 7 nitrogen and oxygen atoms in total. The second-order valence-electron chi connectivity index (χ2n) is 5.48. The van der Waals surface area contributed by atoms with Crippen molar-refractivity contribution < 1.29 is 24.2 Å². The number of benzene rings is 1. The van der Waals surface area contributed by atoms with Crippen LogP contribution in [0.5, 0.6) is 0 Å². The lowest BCUT2D eigenvalue weighted by atomic mass is 10.2. The molecule has 7 heteroatoms. The van der Waals surface area contributed by atoms with E-state index in [0.717, 1.165) is 5.56 Å². The summed E-state index contributed by atoms with van der Waals surface area (Å²) in [6, 6.07) is 9.52. The summed E-state index contributed by atoms with van der Waals surface area (Å²) >= 11 is 0. The molecule has 0 spiro atoms. The summed E-state index contributed by atoms with van der Waals surface area (Å²) in [7, 11) is 1.66. The second-order valence-corrected chi connectivity index (χ2v) is 5.48. The largest absolute Gasteiger partial charge is 0.479 e. The fourth-order valence-corrected chi connectivity index (χ4v) is 2.37. The summed E-state index contributed by atoms with van der Waals surface area (Å²) in [5.74, 6) is -1.75. The highest BCUT2D eigenvalue weighted by molar-refractivity contribution is 5.87. The first-order chi connectivity index (χ1) is 11.0. The van der Waals surface area contributed by atoms with Crippen LogP contribution < -0.4 is 5.32 Å². The summed E-state index contributed by atoms with van der Waals surface area (Å²) in [4.78, 5) is 36.2. The number of carbonyl (C=O) groups is 3. The predicted octanol–water partition coefficient (Wildman–Crippen LogP) is 0.393. The molecule has 1 aliphatic heterocycles. The lowest BCUT2D eigenvalue weighted by molar-refractivity contribution is -0.152. The van der Waals surface area contributed by atoms with Crippen molar-refractivity contribution in [2.24, 2.45) is 0 Å². The van der Waals surface area contributed by atoms with Crippen LogP contribution in [0.15, 0.2) is 30.3 Å². The van der Waals surface area contributed by atoms with Crippen molar-refractivity contribution in [1.29, 1.82) is 0 Å². The molecule has 0 radical (unpaired) electrons. The molecule has 1 aromatic rings. The molecule has 0 aromatic heterocycles. The Hall–Kier alpha value is -2.41. The molecule has 0 unspecified atom stereocenters. The zero-order valence-electron chi connectivity index (χ0n) is 12.9. The van der Waals surface area contributed by atoms with E-state index in [2.05, 4.69) is 5.32 Å². The average Bonchev–Trinajstić information content (AvgIpc) is 3.03. The molecule has 2 atom stereocenters. The molecule has 2 N–H and O–H groups in total. The number of carbonyl (C=O) groups excluding carboxylic acids is 2. The van der Waals surface area contributed by atoms with E-state index in [1.165, 1.54) is 4.90 Å². The number of nitrogens with one attached hydrogen (secondary N) is 1. The Bertz CT molecular complexity index is 575. The van der Waals surface area contributed by atoms with Gasteiger partial charge in [0.05, 0.1) is 6.54 Å². The average molecular weight is 320 g/mol. The minimum atomic E-state index is -1.07. The Morgan fingerprint density at radius 2 is 1.87 bits per heavy atom. The highest BCUT2D eigenvalue weighted by Gasteiger charge is 2.34. The smallest absolute Gasteiger partial charge is 0.332 e. The van der Waals surface area contributed by atoms with Gasteiger partial charge in [0.15, 0.2) is 6.10 Å². The molecule has 1 saturated heterocycles. The van der Waals surface area contributed by atoms with Crippen molar-refractivity contribution in [3.05, 3.63) is 35.9 Å². The summed E-state index contributed by atoms with van der Waals surface area (Å²) < 4.78 is 5.14. The summed E-state index contributed by atoms with van der Waals surface area (Å²) in [5, 5.41) is 11.3. The minimum absolute atomic E-state index is 0.139. The van der Waals surface area contributed by atoms with E-state index in [9.17, 15) is 14.4 Å². The third-order valence-electron chi connectivity index (χ3n) is 3.69. The van der Waals surface area contributed by atoms with Gasteiger partial charge in [-0.2, -0.15) is 0 Å². The van der Waals surface area contributed by atoms with Crippen molar-refractivity contribution >= 4 is 17.8 Å². The monoisotopic (exact) mass is 320 g/mol. The Morgan fingerprint density at radius 1 is 1.22 bits per heavy atom.